The molecular formula is C15H16N4O4. The van der Waals surface area contributed by atoms with E-state index in [4.69, 9.17) is 9.47 Å². The smallest absolute Gasteiger partial charge is 0.352 e. The second kappa shape index (κ2) is 5.64. The number of nitrogens with one attached hydrogen (secondary N) is 1. The van der Waals surface area contributed by atoms with Crippen molar-refractivity contribution in [2.24, 2.45) is 0 Å². The fraction of sp³-hybridized carbons (Fsp3) is 0.267. The molecule has 1 aliphatic heterocycles. The van der Waals surface area contributed by atoms with E-state index in [1.807, 2.05) is 0 Å². The summed E-state index contributed by atoms with van der Waals surface area (Å²) in [6.45, 7) is 1.74. The molecule has 1 aromatic heterocycles. The molecule has 0 spiro atoms. The van der Waals surface area contributed by atoms with Gasteiger partial charge in [-0.1, -0.05) is 0 Å². The molecule has 0 aliphatic carbocycles. The minimum absolute atomic E-state index is 0.0415. The zero-order valence-electron chi connectivity index (χ0n) is 12.9. The number of carbonyl (C=O) groups is 1. The molecule has 23 heavy (non-hydrogen) atoms. The molecule has 0 unspecified atom stereocenters. The molecule has 8 nitrogen and oxygen atoms in total. The van der Waals surface area contributed by atoms with Gasteiger partial charge in [0.2, 0.25) is 5.95 Å². The van der Waals surface area contributed by atoms with Crippen molar-refractivity contribution in [2.45, 2.75) is 13.0 Å². The van der Waals surface area contributed by atoms with Crippen LogP contribution in [0.1, 0.15) is 17.4 Å². The lowest BCUT2D eigenvalue weighted by atomic mass is 10.0. The average molecular weight is 316 g/mol. The maximum Gasteiger partial charge on any atom is 0.352 e. The van der Waals surface area contributed by atoms with Crippen LogP contribution in [0.5, 0.6) is 11.5 Å². The molecule has 1 atom stereocenters. The van der Waals surface area contributed by atoms with Crippen molar-refractivity contribution in [1.29, 1.82) is 0 Å². The summed E-state index contributed by atoms with van der Waals surface area (Å²) in [4.78, 5) is 15.6. The van der Waals surface area contributed by atoms with Gasteiger partial charge in [0.05, 0.1) is 14.2 Å². The molecule has 0 saturated carbocycles. The second-order valence-electron chi connectivity index (χ2n) is 4.99. The molecule has 0 saturated heterocycles. The molecule has 3 rings (SSSR count). The standard InChI is InChI=1S/C15H16N4O4/c1-8-16-15-17-11(14(20)21)7-12(19(15)18-8)10-6-9(22-2)4-5-13(10)23-3/h4-7,12H,1-3H3,(H,20,21)(H,16,17,18)/t12-/m0/s1. The fourth-order valence-electron chi connectivity index (χ4n) is 2.52. The number of hydrogen-bond acceptors (Lipinski definition) is 6. The predicted molar refractivity (Wildman–Crippen MR) is 81.8 cm³/mol. The Bertz CT molecular complexity index is 797. The van der Waals surface area contributed by atoms with Gasteiger partial charge in [-0.25, -0.2) is 9.48 Å². The van der Waals surface area contributed by atoms with Gasteiger partial charge in [-0.15, -0.1) is 0 Å². The van der Waals surface area contributed by atoms with E-state index in [1.54, 1.807) is 50.1 Å². The van der Waals surface area contributed by atoms with Crippen molar-refractivity contribution in [1.82, 2.24) is 14.8 Å². The Morgan fingerprint density at radius 3 is 2.78 bits per heavy atom. The normalized spacial score (nSPS) is 16.1. The SMILES string of the molecule is COc1ccc(OC)c([C@@H]2C=C(C(=O)O)Nc3nc(C)nn32)c1. The Labute approximate surface area is 132 Å². The molecular weight excluding hydrogens is 300 g/mol. The van der Waals surface area contributed by atoms with Gasteiger partial charge in [0, 0.05) is 5.56 Å². The molecule has 0 bridgehead atoms. The summed E-state index contributed by atoms with van der Waals surface area (Å²) in [7, 11) is 3.12. The van der Waals surface area contributed by atoms with Gasteiger partial charge in [0.15, 0.2) is 0 Å². The first-order valence-corrected chi connectivity index (χ1v) is 6.90. The van der Waals surface area contributed by atoms with Gasteiger partial charge in [-0.2, -0.15) is 10.1 Å². The molecule has 2 aromatic rings. The van der Waals surface area contributed by atoms with Crippen molar-refractivity contribution >= 4 is 11.9 Å². The first-order valence-electron chi connectivity index (χ1n) is 6.90. The summed E-state index contributed by atoms with van der Waals surface area (Å²) >= 11 is 0. The highest BCUT2D eigenvalue weighted by Gasteiger charge is 2.28. The van der Waals surface area contributed by atoms with Gasteiger partial charge in [0.1, 0.15) is 29.1 Å². The summed E-state index contributed by atoms with van der Waals surface area (Å²) in [5, 5.41) is 16.4. The zero-order valence-corrected chi connectivity index (χ0v) is 12.9. The lowest BCUT2D eigenvalue weighted by Crippen LogP contribution is -2.24. The van der Waals surface area contributed by atoms with Crippen LogP contribution in [0.3, 0.4) is 0 Å². The minimum Gasteiger partial charge on any atom is -0.497 e. The maximum atomic E-state index is 11.4. The van der Waals surface area contributed by atoms with E-state index in [2.05, 4.69) is 15.4 Å². The molecule has 0 fully saturated rings. The highest BCUT2D eigenvalue weighted by molar-refractivity contribution is 5.90. The zero-order chi connectivity index (χ0) is 16.6. The number of methoxy groups -OCH3 is 2. The van der Waals surface area contributed by atoms with Gasteiger partial charge in [-0.3, -0.25) is 0 Å². The van der Waals surface area contributed by atoms with Gasteiger partial charge in [0.25, 0.3) is 0 Å². The highest BCUT2D eigenvalue weighted by atomic mass is 16.5. The molecule has 1 aromatic carbocycles. The monoisotopic (exact) mass is 316 g/mol. The van der Waals surface area contributed by atoms with E-state index < -0.39 is 12.0 Å². The number of nitrogens with zero attached hydrogens (tertiary/aromatic N) is 3. The third kappa shape index (κ3) is 2.59. The number of benzene rings is 1. The minimum atomic E-state index is -1.07. The molecule has 0 amide bonds. The van der Waals surface area contributed by atoms with E-state index in [-0.39, 0.29) is 5.70 Å². The fourth-order valence-corrected chi connectivity index (χ4v) is 2.52. The number of aromatic nitrogens is 3. The summed E-state index contributed by atoms with van der Waals surface area (Å²) < 4.78 is 12.3. The number of hydrogen-bond donors (Lipinski definition) is 2. The first-order chi connectivity index (χ1) is 11.0. The number of aliphatic carboxylic acids is 1. The van der Waals surface area contributed by atoms with Gasteiger partial charge < -0.3 is 19.9 Å². The van der Waals surface area contributed by atoms with Crippen LogP contribution in [0.15, 0.2) is 30.0 Å². The van der Waals surface area contributed by atoms with Crippen molar-refractivity contribution in [3.05, 3.63) is 41.4 Å². The lowest BCUT2D eigenvalue weighted by Gasteiger charge is -2.24. The van der Waals surface area contributed by atoms with Crippen LogP contribution < -0.4 is 14.8 Å². The Hall–Kier alpha value is -3.03. The van der Waals surface area contributed by atoms with E-state index in [0.29, 0.717) is 23.3 Å². The number of allylic oxidation sites excluding steroid dienone is 1. The predicted octanol–water partition coefficient (Wildman–Crippen LogP) is 1.59. The largest absolute Gasteiger partial charge is 0.497 e. The van der Waals surface area contributed by atoms with Crippen LogP contribution in [-0.2, 0) is 4.79 Å². The average Bonchev–Trinajstić information content (AvgIpc) is 2.93. The third-order valence-electron chi connectivity index (χ3n) is 3.56. The van der Waals surface area contributed by atoms with Crippen LogP contribution in [0.25, 0.3) is 0 Å². The Kier molecular flexibility index (Phi) is 3.65. The Balaban J connectivity index is 2.19. The van der Waals surface area contributed by atoms with Crippen LogP contribution in [0.2, 0.25) is 0 Å². The topological polar surface area (TPSA) is 98.5 Å². The number of carboxylic acids is 1. The molecule has 1 aliphatic rings. The number of rotatable bonds is 4. The van der Waals surface area contributed by atoms with Gasteiger partial charge in [-0.05, 0) is 31.2 Å². The number of ether oxygens (including phenoxy) is 2. The van der Waals surface area contributed by atoms with Crippen LogP contribution >= 0.6 is 0 Å². The van der Waals surface area contributed by atoms with Crippen LogP contribution in [0, 0.1) is 6.92 Å². The quantitative estimate of drug-likeness (QED) is 0.883. The van der Waals surface area contributed by atoms with Crippen molar-refractivity contribution in [3.63, 3.8) is 0 Å². The Morgan fingerprint density at radius 2 is 2.13 bits per heavy atom. The first kappa shape index (κ1) is 14.9. The van der Waals surface area contributed by atoms with Crippen LogP contribution in [0.4, 0.5) is 5.95 Å². The molecule has 2 heterocycles. The summed E-state index contributed by atoms with van der Waals surface area (Å²) in [5.41, 5.74) is 0.776. The van der Waals surface area contributed by atoms with Gasteiger partial charge >= 0.3 is 5.97 Å². The van der Waals surface area contributed by atoms with Crippen molar-refractivity contribution in [3.8, 4) is 11.5 Å². The third-order valence-corrected chi connectivity index (χ3v) is 3.56. The molecule has 0 radical (unpaired) electrons. The van der Waals surface area contributed by atoms with E-state index in [1.165, 1.54) is 0 Å². The lowest BCUT2D eigenvalue weighted by molar-refractivity contribution is -0.132. The maximum absolute atomic E-state index is 11.4. The molecule has 120 valence electrons. The summed E-state index contributed by atoms with van der Waals surface area (Å²) in [5.74, 6) is 1.10. The summed E-state index contributed by atoms with van der Waals surface area (Å²) in [6, 6.07) is 4.88. The Morgan fingerprint density at radius 1 is 1.35 bits per heavy atom. The summed E-state index contributed by atoms with van der Waals surface area (Å²) in [6.07, 6.45) is 1.57. The second-order valence-corrected chi connectivity index (χ2v) is 4.99. The van der Waals surface area contributed by atoms with E-state index in [9.17, 15) is 9.90 Å². The number of anilines is 1. The van der Waals surface area contributed by atoms with E-state index >= 15 is 0 Å². The number of aryl methyl sites for hydroxylation is 1. The van der Waals surface area contributed by atoms with Crippen molar-refractivity contribution < 1.29 is 19.4 Å². The number of carboxylic acid groups (broad SMARTS) is 1. The number of fused-ring (bicyclic) bond motifs is 1. The van der Waals surface area contributed by atoms with E-state index in [0.717, 1.165) is 5.56 Å². The highest BCUT2D eigenvalue weighted by Crippen LogP contribution is 2.36. The van der Waals surface area contributed by atoms with Crippen LogP contribution in [-0.4, -0.2) is 40.1 Å². The van der Waals surface area contributed by atoms with Crippen molar-refractivity contribution in [2.75, 3.05) is 19.5 Å². The molecule has 8 heteroatoms. The molecule has 2 N–H and O–H groups in total.